The van der Waals surface area contributed by atoms with Crippen molar-refractivity contribution in [2.24, 2.45) is 5.73 Å². The fraction of sp³-hybridized carbons (Fsp3) is 0.250. The van der Waals surface area contributed by atoms with Crippen LogP contribution in [-0.2, 0) is 11.2 Å². The highest BCUT2D eigenvalue weighted by Gasteiger charge is 2.19. The monoisotopic (exact) mass is 234 g/mol. The molecule has 1 amide bonds. The molecule has 0 saturated heterocycles. The number of hydrogen-bond acceptors (Lipinski definition) is 3. The van der Waals surface area contributed by atoms with Gasteiger partial charge in [0.05, 0.1) is 5.88 Å². The maximum Gasteiger partial charge on any atom is 0.265 e. The van der Waals surface area contributed by atoms with Crippen molar-refractivity contribution in [3.05, 3.63) is 47.0 Å². The van der Waals surface area contributed by atoms with Crippen LogP contribution >= 0.6 is 11.8 Å². The van der Waals surface area contributed by atoms with Gasteiger partial charge in [-0.05, 0) is 12.0 Å². The second-order valence-electron chi connectivity index (χ2n) is 3.66. The molecule has 0 unspecified atom stereocenters. The highest BCUT2D eigenvalue weighted by molar-refractivity contribution is 8.02. The third-order valence-electron chi connectivity index (χ3n) is 2.53. The predicted molar refractivity (Wildman–Crippen MR) is 66.6 cm³/mol. The average Bonchev–Trinajstić information content (AvgIpc) is 2.76. The van der Waals surface area contributed by atoms with Crippen molar-refractivity contribution in [1.29, 1.82) is 0 Å². The summed E-state index contributed by atoms with van der Waals surface area (Å²) >= 11 is 1.62. The van der Waals surface area contributed by atoms with Gasteiger partial charge in [0.2, 0.25) is 0 Å². The summed E-state index contributed by atoms with van der Waals surface area (Å²) in [4.78, 5) is 13.2. The first kappa shape index (κ1) is 11.1. The first-order chi connectivity index (χ1) is 7.77. The zero-order valence-corrected chi connectivity index (χ0v) is 9.74. The lowest BCUT2D eigenvalue weighted by molar-refractivity contribution is -0.115. The molecule has 0 atom stereocenters. The molecular formula is C12H14N2OS. The van der Waals surface area contributed by atoms with Crippen LogP contribution in [0.5, 0.6) is 0 Å². The van der Waals surface area contributed by atoms with Crippen molar-refractivity contribution in [3.63, 3.8) is 0 Å². The van der Waals surface area contributed by atoms with Crippen LogP contribution in [0.2, 0.25) is 0 Å². The summed E-state index contributed by atoms with van der Waals surface area (Å²) in [7, 11) is 0. The zero-order valence-electron chi connectivity index (χ0n) is 8.93. The summed E-state index contributed by atoms with van der Waals surface area (Å²) in [6.45, 7) is 0.839. The first-order valence-corrected chi connectivity index (χ1v) is 6.22. The summed E-state index contributed by atoms with van der Waals surface area (Å²) in [5.41, 5.74) is 7.22. The van der Waals surface area contributed by atoms with Gasteiger partial charge in [0, 0.05) is 12.0 Å². The SMILES string of the molecule is NC(=O)C1=CSCN1CCc1ccccc1. The Morgan fingerprint density at radius 3 is 2.81 bits per heavy atom. The van der Waals surface area contributed by atoms with Gasteiger partial charge >= 0.3 is 0 Å². The molecule has 1 aliphatic rings. The molecule has 16 heavy (non-hydrogen) atoms. The zero-order chi connectivity index (χ0) is 11.4. The van der Waals surface area contributed by atoms with Crippen LogP contribution in [0.4, 0.5) is 0 Å². The van der Waals surface area contributed by atoms with Gasteiger partial charge in [-0.15, -0.1) is 11.8 Å². The van der Waals surface area contributed by atoms with Crippen LogP contribution in [0.25, 0.3) is 0 Å². The number of benzene rings is 1. The largest absolute Gasteiger partial charge is 0.364 e. The number of primary amides is 1. The number of carbonyl (C=O) groups excluding carboxylic acids is 1. The number of carbonyl (C=O) groups is 1. The summed E-state index contributed by atoms with van der Waals surface area (Å²) in [6.07, 6.45) is 0.937. The highest BCUT2D eigenvalue weighted by Crippen LogP contribution is 2.22. The third kappa shape index (κ3) is 2.58. The van der Waals surface area contributed by atoms with Gasteiger partial charge in [0.1, 0.15) is 5.70 Å². The molecule has 0 bridgehead atoms. The Balaban J connectivity index is 1.92. The van der Waals surface area contributed by atoms with Gasteiger partial charge in [0.25, 0.3) is 5.91 Å². The first-order valence-electron chi connectivity index (χ1n) is 5.18. The number of thioether (sulfide) groups is 1. The van der Waals surface area contributed by atoms with Crippen molar-refractivity contribution < 1.29 is 4.79 Å². The standard InChI is InChI=1S/C12H14N2OS/c13-12(15)11-8-16-9-14(11)7-6-10-4-2-1-3-5-10/h1-5,8H,6-7,9H2,(H2,13,15). The third-order valence-corrected chi connectivity index (χ3v) is 3.38. The van der Waals surface area contributed by atoms with Gasteiger partial charge in [-0.25, -0.2) is 0 Å². The van der Waals surface area contributed by atoms with Crippen LogP contribution in [0.1, 0.15) is 5.56 Å². The summed E-state index contributed by atoms with van der Waals surface area (Å²) < 4.78 is 0. The average molecular weight is 234 g/mol. The Morgan fingerprint density at radius 1 is 1.38 bits per heavy atom. The number of nitrogens with two attached hydrogens (primary N) is 1. The van der Waals surface area contributed by atoms with E-state index in [-0.39, 0.29) is 5.91 Å². The summed E-state index contributed by atoms with van der Waals surface area (Å²) in [5.74, 6) is 0.489. The lowest BCUT2D eigenvalue weighted by Gasteiger charge is -2.19. The van der Waals surface area contributed by atoms with Gasteiger partial charge in [-0.3, -0.25) is 4.79 Å². The second kappa shape index (κ2) is 5.07. The Kier molecular flexibility index (Phi) is 3.51. The summed E-state index contributed by atoms with van der Waals surface area (Å²) in [5, 5.41) is 1.84. The van der Waals surface area contributed by atoms with Crippen LogP contribution in [0.15, 0.2) is 41.4 Å². The minimum absolute atomic E-state index is 0.335. The molecule has 0 saturated carbocycles. The molecular weight excluding hydrogens is 220 g/mol. The molecule has 0 radical (unpaired) electrons. The van der Waals surface area contributed by atoms with Gasteiger partial charge < -0.3 is 10.6 Å². The van der Waals surface area contributed by atoms with Gasteiger partial charge in [-0.2, -0.15) is 0 Å². The molecule has 1 aromatic rings. The van der Waals surface area contributed by atoms with E-state index in [0.717, 1.165) is 18.8 Å². The Morgan fingerprint density at radius 2 is 2.12 bits per heavy atom. The number of amides is 1. The van der Waals surface area contributed by atoms with Crippen molar-refractivity contribution in [3.8, 4) is 0 Å². The minimum atomic E-state index is -0.335. The molecule has 2 N–H and O–H groups in total. The number of rotatable bonds is 4. The van der Waals surface area contributed by atoms with Gasteiger partial charge in [-0.1, -0.05) is 30.3 Å². The topological polar surface area (TPSA) is 46.3 Å². The van der Waals surface area contributed by atoms with Crippen molar-refractivity contribution in [2.45, 2.75) is 6.42 Å². The second-order valence-corrected chi connectivity index (χ2v) is 4.49. The van der Waals surface area contributed by atoms with E-state index in [1.54, 1.807) is 11.8 Å². The minimum Gasteiger partial charge on any atom is -0.364 e. The molecule has 0 aliphatic carbocycles. The smallest absolute Gasteiger partial charge is 0.265 e. The maximum absolute atomic E-state index is 11.1. The fourth-order valence-electron chi connectivity index (χ4n) is 1.66. The molecule has 1 aliphatic heterocycles. The normalized spacial score (nSPS) is 15.0. The van der Waals surface area contributed by atoms with E-state index < -0.39 is 0 Å². The van der Waals surface area contributed by atoms with Crippen LogP contribution < -0.4 is 5.73 Å². The van der Waals surface area contributed by atoms with Crippen LogP contribution in [0, 0.1) is 0 Å². The molecule has 1 aromatic carbocycles. The molecule has 0 spiro atoms. The Bertz CT molecular complexity index is 403. The molecule has 84 valence electrons. The summed E-state index contributed by atoms with van der Waals surface area (Å²) in [6, 6.07) is 10.2. The van der Waals surface area contributed by atoms with E-state index in [4.69, 9.17) is 5.73 Å². The molecule has 0 fully saturated rings. The van der Waals surface area contributed by atoms with E-state index in [2.05, 4.69) is 12.1 Å². The Hall–Kier alpha value is -1.42. The lowest BCUT2D eigenvalue weighted by Crippen LogP contribution is -2.29. The fourth-order valence-corrected chi connectivity index (χ4v) is 2.60. The van der Waals surface area contributed by atoms with Crippen molar-refractivity contribution >= 4 is 17.7 Å². The van der Waals surface area contributed by atoms with E-state index in [0.29, 0.717) is 5.70 Å². The van der Waals surface area contributed by atoms with Crippen molar-refractivity contribution in [1.82, 2.24) is 4.90 Å². The van der Waals surface area contributed by atoms with E-state index in [1.807, 2.05) is 28.5 Å². The van der Waals surface area contributed by atoms with Crippen molar-refractivity contribution in [2.75, 3.05) is 12.4 Å². The lowest BCUT2D eigenvalue weighted by atomic mass is 10.1. The van der Waals surface area contributed by atoms with Crippen LogP contribution in [-0.4, -0.2) is 23.2 Å². The number of nitrogens with zero attached hydrogens (tertiary/aromatic N) is 1. The molecule has 3 nitrogen and oxygen atoms in total. The Labute approximate surface area is 99.3 Å². The predicted octanol–water partition coefficient (Wildman–Crippen LogP) is 1.56. The molecule has 4 heteroatoms. The molecule has 2 rings (SSSR count). The molecule has 0 aromatic heterocycles. The van der Waals surface area contributed by atoms with E-state index in [1.165, 1.54) is 5.56 Å². The highest BCUT2D eigenvalue weighted by atomic mass is 32.2. The van der Waals surface area contributed by atoms with E-state index >= 15 is 0 Å². The molecule has 1 heterocycles. The number of hydrogen-bond donors (Lipinski definition) is 1. The quantitative estimate of drug-likeness (QED) is 0.860. The van der Waals surface area contributed by atoms with Gasteiger partial charge in [0.15, 0.2) is 0 Å². The maximum atomic E-state index is 11.1. The van der Waals surface area contributed by atoms with E-state index in [9.17, 15) is 4.79 Å². The van der Waals surface area contributed by atoms with Crippen LogP contribution in [0.3, 0.4) is 0 Å².